The molecule has 0 aliphatic rings. The van der Waals surface area contributed by atoms with Crippen molar-refractivity contribution >= 4 is 22.6 Å². The van der Waals surface area contributed by atoms with Crippen LogP contribution in [0.3, 0.4) is 0 Å². The zero-order chi connectivity index (χ0) is 13.1. The number of para-hydroxylation sites is 1. The molecule has 0 unspecified atom stereocenters. The van der Waals surface area contributed by atoms with E-state index in [0.717, 1.165) is 10.9 Å². The molecule has 0 fully saturated rings. The summed E-state index contributed by atoms with van der Waals surface area (Å²) in [5.74, 6) is -0.403. The lowest BCUT2D eigenvalue weighted by molar-refractivity contribution is -0.127. The van der Waals surface area contributed by atoms with E-state index < -0.39 is 0 Å². The number of hydrogen-bond acceptors (Lipinski definition) is 3. The Kier molecular flexibility index (Phi) is 3.37. The SMILES string of the molecule is CN(C)C(=O)CC(=O)c1cnc2ccccc2c1. The standard InChI is InChI=1S/C14H14N2O2/c1-16(2)14(18)8-13(17)11-7-10-5-3-4-6-12(10)15-9-11/h3-7,9H,8H2,1-2H3. The van der Waals surface area contributed by atoms with Gasteiger partial charge in [-0.15, -0.1) is 0 Å². The number of nitrogens with zero attached hydrogens (tertiary/aromatic N) is 2. The summed E-state index contributed by atoms with van der Waals surface area (Å²) < 4.78 is 0. The molecule has 0 aliphatic heterocycles. The first-order valence-corrected chi connectivity index (χ1v) is 5.66. The number of hydrogen-bond donors (Lipinski definition) is 0. The highest BCUT2D eigenvalue weighted by Crippen LogP contribution is 2.14. The summed E-state index contributed by atoms with van der Waals surface area (Å²) in [6, 6.07) is 9.34. The van der Waals surface area contributed by atoms with E-state index in [1.807, 2.05) is 24.3 Å². The third kappa shape index (κ3) is 2.53. The van der Waals surface area contributed by atoms with Crippen molar-refractivity contribution in [1.82, 2.24) is 9.88 Å². The number of carbonyl (C=O) groups is 2. The molecule has 1 aromatic heterocycles. The summed E-state index contributed by atoms with van der Waals surface area (Å²) in [6.07, 6.45) is 1.40. The Bertz CT molecular complexity index is 606. The minimum atomic E-state index is -0.202. The van der Waals surface area contributed by atoms with Gasteiger partial charge in [0.1, 0.15) is 0 Å². The number of aromatic nitrogens is 1. The largest absolute Gasteiger partial charge is 0.348 e. The van der Waals surface area contributed by atoms with Crippen LogP contribution in [-0.2, 0) is 4.79 Å². The molecule has 0 radical (unpaired) electrons. The van der Waals surface area contributed by atoms with Gasteiger partial charge < -0.3 is 4.90 Å². The monoisotopic (exact) mass is 242 g/mol. The van der Waals surface area contributed by atoms with Gasteiger partial charge in [-0.05, 0) is 12.1 Å². The van der Waals surface area contributed by atoms with Gasteiger partial charge in [0.2, 0.25) is 5.91 Å². The van der Waals surface area contributed by atoms with E-state index in [9.17, 15) is 9.59 Å². The molecule has 4 nitrogen and oxygen atoms in total. The van der Waals surface area contributed by atoms with Gasteiger partial charge in [0.25, 0.3) is 0 Å². The third-order valence-corrected chi connectivity index (χ3v) is 2.72. The van der Waals surface area contributed by atoms with Crippen molar-refractivity contribution in [2.24, 2.45) is 0 Å². The first-order chi connectivity index (χ1) is 8.58. The average Bonchev–Trinajstić information content (AvgIpc) is 2.37. The Labute approximate surface area is 105 Å². The third-order valence-electron chi connectivity index (χ3n) is 2.72. The zero-order valence-corrected chi connectivity index (χ0v) is 10.4. The Morgan fingerprint density at radius 3 is 2.67 bits per heavy atom. The molecule has 18 heavy (non-hydrogen) atoms. The van der Waals surface area contributed by atoms with Crippen molar-refractivity contribution in [3.8, 4) is 0 Å². The number of ketones is 1. The molecule has 0 saturated carbocycles. The van der Waals surface area contributed by atoms with Crippen LogP contribution in [0.1, 0.15) is 16.8 Å². The second-order valence-corrected chi connectivity index (χ2v) is 4.30. The van der Waals surface area contributed by atoms with Gasteiger partial charge in [-0.3, -0.25) is 14.6 Å². The van der Waals surface area contributed by atoms with E-state index in [4.69, 9.17) is 0 Å². The van der Waals surface area contributed by atoms with E-state index >= 15 is 0 Å². The van der Waals surface area contributed by atoms with Gasteiger partial charge >= 0.3 is 0 Å². The Morgan fingerprint density at radius 1 is 1.22 bits per heavy atom. The molecule has 92 valence electrons. The number of fused-ring (bicyclic) bond motifs is 1. The van der Waals surface area contributed by atoms with Gasteiger partial charge in [0.05, 0.1) is 11.9 Å². The van der Waals surface area contributed by atoms with Crippen molar-refractivity contribution in [3.63, 3.8) is 0 Å². The molecule has 1 amide bonds. The van der Waals surface area contributed by atoms with E-state index in [-0.39, 0.29) is 18.1 Å². The highest BCUT2D eigenvalue weighted by molar-refractivity contribution is 6.08. The molecular formula is C14H14N2O2. The first kappa shape index (κ1) is 12.2. The highest BCUT2D eigenvalue weighted by Gasteiger charge is 2.13. The van der Waals surface area contributed by atoms with Crippen LogP contribution in [0.25, 0.3) is 10.9 Å². The van der Waals surface area contributed by atoms with E-state index in [0.29, 0.717) is 5.56 Å². The molecule has 0 atom stereocenters. The van der Waals surface area contributed by atoms with Gasteiger partial charge in [0.15, 0.2) is 5.78 Å². The van der Waals surface area contributed by atoms with Crippen LogP contribution in [0.15, 0.2) is 36.5 Å². The number of amides is 1. The van der Waals surface area contributed by atoms with E-state index in [2.05, 4.69) is 4.98 Å². The predicted octanol–water partition coefficient (Wildman–Crippen LogP) is 1.90. The van der Waals surface area contributed by atoms with Crippen LogP contribution in [0.4, 0.5) is 0 Å². The normalized spacial score (nSPS) is 10.3. The minimum Gasteiger partial charge on any atom is -0.348 e. The van der Waals surface area contributed by atoms with E-state index in [1.165, 1.54) is 11.1 Å². The van der Waals surface area contributed by atoms with Crippen LogP contribution in [0.5, 0.6) is 0 Å². The van der Waals surface area contributed by atoms with Gasteiger partial charge in [-0.2, -0.15) is 0 Å². The fourth-order valence-corrected chi connectivity index (χ4v) is 1.62. The first-order valence-electron chi connectivity index (χ1n) is 5.66. The molecule has 2 rings (SSSR count). The van der Waals surface area contributed by atoms with Gasteiger partial charge in [-0.25, -0.2) is 0 Å². The summed E-state index contributed by atoms with van der Waals surface area (Å²) >= 11 is 0. The molecule has 2 aromatic rings. The molecule has 0 spiro atoms. The van der Waals surface area contributed by atoms with Crippen molar-refractivity contribution < 1.29 is 9.59 Å². The number of pyridine rings is 1. The molecule has 4 heteroatoms. The van der Waals surface area contributed by atoms with Crippen LogP contribution in [-0.4, -0.2) is 35.7 Å². The van der Waals surface area contributed by atoms with Crippen LogP contribution in [0.2, 0.25) is 0 Å². The molecule has 1 aromatic carbocycles. The molecule has 0 N–H and O–H groups in total. The van der Waals surface area contributed by atoms with Gasteiger partial charge in [0, 0.05) is 31.2 Å². The molecule has 0 aliphatic carbocycles. The zero-order valence-electron chi connectivity index (χ0n) is 10.4. The van der Waals surface area contributed by atoms with Gasteiger partial charge in [-0.1, -0.05) is 18.2 Å². The smallest absolute Gasteiger partial charge is 0.229 e. The highest BCUT2D eigenvalue weighted by atomic mass is 16.2. The lowest BCUT2D eigenvalue weighted by Gasteiger charge is -2.09. The lowest BCUT2D eigenvalue weighted by Crippen LogP contribution is -2.24. The van der Waals surface area contributed by atoms with Crippen molar-refractivity contribution in [3.05, 3.63) is 42.1 Å². The van der Waals surface area contributed by atoms with Crippen molar-refractivity contribution in [2.75, 3.05) is 14.1 Å². The maximum Gasteiger partial charge on any atom is 0.229 e. The quantitative estimate of drug-likeness (QED) is 0.610. The lowest BCUT2D eigenvalue weighted by atomic mass is 10.1. The topological polar surface area (TPSA) is 50.3 Å². The number of carbonyl (C=O) groups excluding carboxylic acids is 2. The summed E-state index contributed by atoms with van der Waals surface area (Å²) in [4.78, 5) is 29.0. The predicted molar refractivity (Wildman–Crippen MR) is 69.4 cm³/mol. The number of benzene rings is 1. The summed E-state index contributed by atoms with van der Waals surface area (Å²) in [5.41, 5.74) is 1.32. The minimum absolute atomic E-state index is 0.118. The van der Waals surface area contributed by atoms with E-state index in [1.54, 1.807) is 20.2 Å². The second-order valence-electron chi connectivity index (χ2n) is 4.30. The van der Waals surface area contributed by atoms with Crippen molar-refractivity contribution in [1.29, 1.82) is 0 Å². The summed E-state index contributed by atoms with van der Waals surface area (Å²) in [6.45, 7) is 0. The fourth-order valence-electron chi connectivity index (χ4n) is 1.62. The number of Topliss-reactive ketones (excluding diaryl/α,β-unsaturated/α-hetero) is 1. The summed E-state index contributed by atoms with van der Waals surface area (Å²) in [5, 5.41) is 0.903. The Hall–Kier alpha value is -2.23. The molecule has 0 saturated heterocycles. The van der Waals surface area contributed by atoms with Crippen molar-refractivity contribution in [2.45, 2.75) is 6.42 Å². The number of rotatable bonds is 3. The molecule has 1 heterocycles. The molecular weight excluding hydrogens is 228 g/mol. The van der Waals surface area contributed by atoms with Crippen LogP contribution < -0.4 is 0 Å². The van der Waals surface area contributed by atoms with Crippen LogP contribution in [0, 0.1) is 0 Å². The Balaban J connectivity index is 2.26. The second kappa shape index (κ2) is 4.96. The van der Waals surface area contributed by atoms with Crippen LogP contribution >= 0.6 is 0 Å². The maximum atomic E-state index is 11.9. The Morgan fingerprint density at radius 2 is 1.94 bits per heavy atom. The average molecular weight is 242 g/mol. The molecule has 0 bridgehead atoms. The maximum absolute atomic E-state index is 11.9. The summed E-state index contributed by atoms with van der Waals surface area (Å²) in [7, 11) is 3.27. The fraction of sp³-hybridized carbons (Fsp3) is 0.214.